The van der Waals surface area contributed by atoms with E-state index in [1.807, 2.05) is 61.1 Å². The second-order valence-electron chi connectivity index (χ2n) is 10.5. The van der Waals surface area contributed by atoms with Crippen molar-refractivity contribution in [3.63, 3.8) is 0 Å². The molecule has 1 aromatic carbocycles. The summed E-state index contributed by atoms with van der Waals surface area (Å²) in [7, 11) is 0. The lowest BCUT2D eigenvalue weighted by Crippen LogP contribution is -2.38. The number of nitrogens with zero attached hydrogens (tertiary/aromatic N) is 5. The number of hydrogen-bond donors (Lipinski definition) is 1. The van der Waals surface area contributed by atoms with E-state index in [1.54, 1.807) is 0 Å². The van der Waals surface area contributed by atoms with Crippen molar-refractivity contribution in [2.45, 2.75) is 32.4 Å². The van der Waals surface area contributed by atoms with E-state index in [2.05, 4.69) is 67.8 Å². The summed E-state index contributed by atoms with van der Waals surface area (Å²) < 4.78 is 2.12. The maximum absolute atomic E-state index is 6.98. The number of benzene rings is 1. The molecule has 0 aliphatic carbocycles. The van der Waals surface area contributed by atoms with Gasteiger partial charge in [-0.3, -0.25) is 4.98 Å². The summed E-state index contributed by atoms with van der Waals surface area (Å²) in [5, 5.41) is 4.94. The summed E-state index contributed by atoms with van der Waals surface area (Å²) in [6.45, 7) is 6.68. The quantitative estimate of drug-likeness (QED) is 0.287. The van der Waals surface area contributed by atoms with Gasteiger partial charge in [0.1, 0.15) is 11.9 Å². The molecule has 4 atom stereocenters. The van der Waals surface area contributed by atoms with Crippen molar-refractivity contribution in [1.82, 2.24) is 19.9 Å². The molecule has 5 heterocycles. The highest BCUT2D eigenvalue weighted by atomic mass is 35.5. The van der Waals surface area contributed by atoms with Crippen LogP contribution in [0.2, 0.25) is 5.02 Å². The number of anilines is 2. The van der Waals surface area contributed by atoms with Crippen molar-refractivity contribution < 1.29 is 0 Å². The van der Waals surface area contributed by atoms with Gasteiger partial charge in [0.05, 0.1) is 22.4 Å². The molecule has 2 saturated heterocycles. The Morgan fingerprint density at radius 2 is 1.68 bits per heavy atom. The Kier molecular flexibility index (Phi) is 6.80. The number of thiocarbonyl (C=S) groups is 1. The monoisotopic (exact) mass is 542 g/mol. The largest absolute Gasteiger partial charge is 0.370 e. The first kappa shape index (κ1) is 24.9. The molecule has 8 heteroatoms. The van der Waals surface area contributed by atoms with Crippen LogP contribution in [0.5, 0.6) is 0 Å². The third-order valence-corrected chi connectivity index (χ3v) is 8.11. The van der Waals surface area contributed by atoms with E-state index in [-0.39, 0.29) is 12.1 Å². The topological polar surface area (TPSA) is 49.2 Å². The summed E-state index contributed by atoms with van der Waals surface area (Å²) in [5.41, 5.74) is 4.02. The Morgan fingerprint density at radius 1 is 0.921 bits per heavy atom. The molecule has 2 aliphatic rings. The van der Waals surface area contributed by atoms with E-state index < -0.39 is 0 Å². The maximum atomic E-state index is 6.98. The molecule has 0 spiro atoms. The third-order valence-electron chi connectivity index (χ3n) is 7.50. The minimum Gasteiger partial charge on any atom is -0.370 e. The molecule has 2 fully saturated rings. The van der Waals surface area contributed by atoms with E-state index in [4.69, 9.17) is 23.8 Å². The molecule has 38 heavy (non-hydrogen) atoms. The number of hydrogen-bond acceptors (Lipinski definition) is 4. The van der Waals surface area contributed by atoms with Crippen LogP contribution in [0.25, 0.3) is 5.82 Å². The number of pyridine rings is 2. The molecular formula is C30H31ClN6S. The van der Waals surface area contributed by atoms with Crippen LogP contribution in [0, 0.1) is 11.8 Å². The van der Waals surface area contributed by atoms with Crippen molar-refractivity contribution in [3.05, 3.63) is 102 Å². The van der Waals surface area contributed by atoms with Gasteiger partial charge in [-0.05, 0) is 85.1 Å². The fraction of sp³-hybridized carbons (Fsp3) is 0.300. The molecule has 0 bridgehead atoms. The van der Waals surface area contributed by atoms with E-state index in [1.165, 1.54) is 6.42 Å². The highest BCUT2D eigenvalue weighted by Gasteiger charge is 2.42. The summed E-state index contributed by atoms with van der Waals surface area (Å²) in [4.78, 5) is 13.9. The van der Waals surface area contributed by atoms with Gasteiger partial charge in [-0.2, -0.15) is 0 Å². The number of rotatable bonds is 5. The average molecular weight is 543 g/mol. The van der Waals surface area contributed by atoms with Crippen LogP contribution in [0.1, 0.15) is 43.7 Å². The van der Waals surface area contributed by atoms with Gasteiger partial charge in [0.2, 0.25) is 0 Å². The molecule has 6 nitrogen and oxygen atoms in total. The lowest BCUT2D eigenvalue weighted by molar-refractivity contribution is 0.357. The normalized spacial score (nSPS) is 23.5. The van der Waals surface area contributed by atoms with Gasteiger partial charge in [-0.25, -0.2) is 4.98 Å². The molecule has 0 saturated carbocycles. The maximum Gasteiger partial charge on any atom is 0.174 e. The van der Waals surface area contributed by atoms with E-state index >= 15 is 0 Å². The Morgan fingerprint density at radius 3 is 2.37 bits per heavy atom. The van der Waals surface area contributed by atoms with Gasteiger partial charge in [-0.15, -0.1) is 0 Å². The van der Waals surface area contributed by atoms with Crippen molar-refractivity contribution in [3.8, 4) is 5.82 Å². The fourth-order valence-corrected chi connectivity index (χ4v) is 6.68. The second-order valence-corrected chi connectivity index (χ2v) is 11.3. The van der Waals surface area contributed by atoms with Gasteiger partial charge in [0, 0.05) is 43.1 Å². The molecule has 0 unspecified atom stereocenters. The van der Waals surface area contributed by atoms with Crippen molar-refractivity contribution in [2.24, 2.45) is 11.8 Å². The minimum absolute atomic E-state index is 0.150. The molecule has 2 aliphatic heterocycles. The lowest BCUT2D eigenvalue weighted by atomic mass is 9.91. The van der Waals surface area contributed by atoms with Crippen molar-refractivity contribution >= 4 is 40.3 Å². The van der Waals surface area contributed by atoms with Gasteiger partial charge < -0.3 is 19.7 Å². The third kappa shape index (κ3) is 4.65. The zero-order valence-electron chi connectivity index (χ0n) is 21.5. The van der Waals surface area contributed by atoms with Gasteiger partial charge >= 0.3 is 0 Å². The lowest BCUT2D eigenvalue weighted by Gasteiger charge is -2.37. The second kappa shape index (κ2) is 10.4. The number of nitrogens with one attached hydrogen (secondary N) is 1. The smallest absolute Gasteiger partial charge is 0.174 e. The first-order valence-electron chi connectivity index (χ1n) is 13.1. The zero-order valence-corrected chi connectivity index (χ0v) is 23.1. The van der Waals surface area contributed by atoms with Gasteiger partial charge in [0.25, 0.3) is 0 Å². The Balaban J connectivity index is 1.42. The summed E-state index contributed by atoms with van der Waals surface area (Å²) in [5.74, 6) is 2.15. The van der Waals surface area contributed by atoms with Crippen LogP contribution < -0.4 is 15.1 Å². The number of halogens is 1. The highest BCUT2D eigenvalue weighted by Crippen LogP contribution is 2.44. The summed E-state index contributed by atoms with van der Waals surface area (Å²) in [6.07, 6.45) is 6.93. The Bertz CT molecular complexity index is 1420. The molecule has 4 aromatic rings. The van der Waals surface area contributed by atoms with E-state index in [0.717, 1.165) is 46.7 Å². The van der Waals surface area contributed by atoms with Crippen LogP contribution >= 0.6 is 23.8 Å². The summed E-state index contributed by atoms with van der Waals surface area (Å²) >= 11 is 12.9. The molecule has 0 amide bonds. The van der Waals surface area contributed by atoms with E-state index in [0.29, 0.717) is 16.9 Å². The van der Waals surface area contributed by atoms with Crippen molar-refractivity contribution in [1.29, 1.82) is 0 Å². The van der Waals surface area contributed by atoms with E-state index in [9.17, 15) is 0 Å². The van der Waals surface area contributed by atoms with Crippen LogP contribution in [0.3, 0.4) is 0 Å². The molecule has 6 rings (SSSR count). The molecular weight excluding hydrogens is 512 g/mol. The van der Waals surface area contributed by atoms with Crippen LogP contribution in [0.4, 0.5) is 11.4 Å². The summed E-state index contributed by atoms with van der Waals surface area (Å²) in [6, 6.07) is 22.1. The Labute approximate surface area is 234 Å². The van der Waals surface area contributed by atoms with Crippen LogP contribution in [0.15, 0.2) is 85.3 Å². The molecule has 194 valence electrons. The molecule has 3 aromatic heterocycles. The van der Waals surface area contributed by atoms with Gasteiger partial charge in [-0.1, -0.05) is 37.6 Å². The highest BCUT2D eigenvalue weighted by molar-refractivity contribution is 7.80. The zero-order chi connectivity index (χ0) is 26.2. The first-order chi connectivity index (χ1) is 18.5. The number of aromatic nitrogens is 3. The van der Waals surface area contributed by atoms with Gasteiger partial charge in [0.15, 0.2) is 5.11 Å². The molecule has 0 radical (unpaired) electrons. The van der Waals surface area contributed by atoms with Crippen LogP contribution in [-0.2, 0) is 0 Å². The fourth-order valence-electron chi connectivity index (χ4n) is 6.04. The number of piperidine rings is 1. The first-order valence-corrected chi connectivity index (χ1v) is 13.9. The van der Waals surface area contributed by atoms with Crippen molar-refractivity contribution in [2.75, 3.05) is 22.9 Å². The van der Waals surface area contributed by atoms with Crippen LogP contribution in [-0.4, -0.2) is 32.7 Å². The average Bonchev–Trinajstić information content (AvgIpc) is 3.53. The minimum atomic E-state index is -0.161. The predicted octanol–water partition coefficient (Wildman–Crippen LogP) is 6.58. The SMILES string of the molecule is C[C@H]1C[C@H](C)CN(c2ccc(N3C(=S)N[C@@H](c4ccccn4)[C@@H]3c3cccn3-c3ccccn3)cc2Cl)C1. The standard InChI is InChI=1S/C30H31ClN6S/c1-20-16-21(2)19-35(18-20)25-12-11-22(17-23(25)31)37-29(28(34-30(37)38)24-8-3-5-13-32-24)26-9-7-15-36(26)27-10-4-6-14-33-27/h3-15,17,20-21,28-29H,16,18-19H2,1-2H3,(H,34,38)/t20-,21-,28-,29-/m0/s1. The predicted molar refractivity (Wildman–Crippen MR) is 158 cm³/mol. The Hall–Kier alpha value is -3.42. The molecule has 1 N–H and O–H groups in total.